The molecule has 0 saturated carbocycles. The molecule has 0 aromatic heterocycles. The van der Waals surface area contributed by atoms with Crippen LogP contribution in [-0.2, 0) is 9.53 Å². The number of ether oxygens (including phenoxy) is 1. The molecule has 1 aromatic rings. The lowest BCUT2D eigenvalue weighted by Crippen LogP contribution is -2.39. The van der Waals surface area contributed by atoms with Gasteiger partial charge in [0.05, 0.1) is 13.5 Å². The molecule has 0 atom stereocenters. The van der Waals surface area contributed by atoms with E-state index in [1.165, 1.54) is 12.0 Å². The maximum absolute atomic E-state index is 11.0. The number of nitrogens with zero attached hydrogens (tertiary/aromatic N) is 1. The molecule has 20 heavy (non-hydrogen) atoms. The zero-order valence-electron chi connectivity index (χ0n) is 11.9. The number of thioether (sulfide) groups is 1. The van der Waals surface area contributed by atoms with E-state index in [4.69, 9.17) is 0 Å². The van der Waals surface area contributed by atoms with Crippen LogP contribution in [0.25, 0.3) is 0 Å². The number of hydrogen-bond acceptors (Lipinski definition) is 4. The fourth-order valence-corrected chi connectivity index (χ4v) is 2.25. The molecular formula is C14H21N3O2S. The summed E-state index contributed by atoms with van der Waals surface area (Å²) in [6, 6.07) is 10.3. The Bertz CT molecular complexity index is 424. The number of rotatable bonds is 7. The van der Waals surface area contributed by atoms with Gasteiger partial charge in [0.25, 0.3) is 0 Å². The van der Waals surface area contributed by atoms with E-state index in [0.29, 0.717) is 18.9 Å². The van der Waals surface area contributed by atoms with Gasteiger partial charge < -0.3 is 15.4 Å². The molecule has 0 unspecified atom stereocenters. The Labute approximate surface area is 124 Å². The molecule has 0 spiro atoms. The van der Waals surface area contributed by atoms with Crippen LogP contribution in [0.15, 0.2) is 40.2 Å². The summed E-state index contributed by atoms with van der Waals surface area (Å²) in [5.41, 5.74) is 0. The van der Waals surface area contributed by atoms with Crippen molar-refractivity contribution < 1.29 is 9.53 Å². The SMILES string of the molecule is CN=C(NCCSc1ccccc1)NCCC(=O)OC. The summed E-state index contributed by atoms with van der Waals surface area (Å²) in [6.45, 7) is 1.32. The first-order valence-corrected chi connectivity index (χ1v) is 7.44. The van der Waals surface area contributed by atoms with E-state index in [1.54, 1.807) is 18.8 Å². The molecule has 0 aliphatic heterocycles. The lowest BCUT2D eigenvalue weighted by molar-refractivity contribution is -0.140. The third-order valence-corrected chi connectivity index (χ3v) is 3.49. The van der Waals surface area contributed by atoms with E-state index in [9.17, 15) is 4.79 Å². The topological polar surface area (TPSA) is 62.7 Å². The Hall–Kier alpha value is -1.69. The van der Waals surface area contributed by atoms with Crippen molar-refractivity contribution in [3.8, 4) is 0 Å². The van der Waals surface area contributed by atoms with Gasteiger partial charge in [0.1, 0.15) is 0 Å². The molecule has 0 amide bonds. The van der Waals surface area contributed by atoms with E-state index in [0.717, 1.165) is 12.3 Å². The van der Waals surface area contributed by atoms with Crippen molar-refractivity contribution in [2.24, 2.45) is 4.99 Å². The van der Waals surface area contributed by atoms with Crippen LogP contribution in [0.1, 0.15) is 6.42 Å². The Morgan fingerprint density at radius 3 is 2.60 bits per heavy atom. The molecule has 0 fully saturated rings. The standard InChI is InChI=1S/C14H21N3O2S/c1-15-14(16-9-8-13(18)19-2)17-10-11-20-12-6-4-3-5-7-12/h3-7H,8-11H2,1-2H3,(H2,15,16,17). The number of nitrogens with one attached hydrogen (secondary N) is 2. The number of carbonyl (C=O) groups excluding carboxylic acids is 1. The average molecular weight is 295 g/mol. The summed E-state index contributed by atoms with van der Waals surface area (Å²) in [6.07, 6.45) is 0.329. The molecule has 0 saturated heterocycles. The summed E-state index contributed by atoms with van der Waals surface area (Å²) >= 11 is 1.79. The predicted octanol–water partition coefficient (Wildman–Crippen LogP) is 1.51. The van der Waals surface area contributed by atoms with Crippen LogP contribution in [0, 0.1) is 0 Å². The number of methoxy groups -OCH3 is 1. The third-order valence-electron chi connectivity index (χ3n) is 2.48. The molecule has 110 valence electrons. The highest BCUT2D eigenvalue weighted by Crippen LogP contribution is 2.15. The highest BCUT2D eigenvalue weighted by molar-refractivity contribution is 7.99. The maximum atomic E-state index is 11.0. The van der Waals surface area contributed by atoms with Crippen molar-refractivity contribution in [3.05, 3.63) is 30.3 Å². The van der Waals surface area contributed by atoms with Gasteiger partial charge in [0.2, 0.25) is 0 Å². The highest BCUT2D eigenvalue weighted by atomic mass is 32.2. The lowest BCUT2D eigenvalue weighted by Gasteiger charge is -2.11. The third kappa shape index (κ3) is 7.04. The minimum atomic E-state index is -0.229. The second-order valence-electron chi connectivity index (χ2n) is 3.91. The van der Waals surface area contributed by atoms with Gasteiger partial charge in [0, 0.05) is 30.8 Å². The molecular weight excluding hydrogens is 274 g/mol. The second kappa shape index (κ2) is 10.1. The predicted molar refractivity (Wildman–Crippen MR) is 83.2 cm³/mol. The van der Waals surface area contributed by atoms with Crippen molar-refractivity contribution in [2.75, 3.05) is 33.0 Å². The Morgan fingerprint density at radius 2 is 1.95 bits per heavy atom. The first-order valence-electron chi connectivity index (χ1n) is 6.45. The van der Waals surface area contributed by atoms with Crippen LogP contribution in [0.4, 0.5) is 0 Å². The summed E-state index contributed by atoms with van der Waals surface area (Å²) < 4.78 is 4.57. The largest absolute Gasteiger partial charge is 0.469 e. The number of carbonyl (C=O) groups is 1. The molecule has 1 aromatic carbocycles. The van der Waals surface area contributed by atoms with E-state index >= 15 is 0 Å². The van der Waals surface area contributed by atoms with Crippen LogP contribution in [0.5, 0.6) is 0 Å². The van der Waals surface area contributed by atoms with Crippen molar-refractivity contribution in [1.82, 2.24) is 10.6 Å². The molecule has 6 heteroatoms. The molecule has 0 heterocycles. The van der Waals surface area contributed by atoms with Gasteiger partial charge in [-0.05, 0) is 12.1 Å². The van der Waals surface area contributed by atoms with Crippen molar-refractivity contribution in [1.29, 1.82) is 0 Å². The van der Waals surface area contributed by atoms with Crippen LogP contribution < -0.4 is 10.6 Å². The van der Waals surface area contributed by atoms with Crippen LogP contribution >= 0.6 is 11.8 Å². The van der Waals surface area contributed by atoms with Crippen LogP contribution in [0.3, 0.4) is 0 Å². The summed E-state index contributed by atoms with van der Waals surface area (Å²) in [7, 11) is 3.09. The molecule has 0 radical (unpaired) electrons. The van der Waals surface area contributed by atoms with Crippen molar-refractivity contribution >= 4 is 23.7 Å². The van der Waals surface area contributed by atoms with E-state index < -0.39 is 0 Å². The molecule has 0 aliphatic carbocycles. The van der Waals surface area contributed by atoms with Crippen LogP contribution in [0.2, 0.25) is 0 Å². The maximum Gasteiger partial charge on any atom is 0.307 e. The first-order chi connectivity index (χ1) is 9.76. The van der Waals surface area contributed by atoms with Gasteiger partial charge in [-0.3, -0.25) is 9.79 Å². The summed E-state index contributed by atoms with van der Waals surface area (Å²) in [4.78, 5) is 16.3. The van der Waals surface area contributed by atoms with Gasteiger partial charge >= 0.3 is 5.97 Å². The molecule has 2 N–H and O–H groups in total. The van der Waals surface area contributed by atoms with Gasteiger partial charge in [-0.2, -0.15) is 0 Å². The fraction of sp³-hybridized carbons (Fsp3) is 0.429. The second-order valence-corrected chi connectivity index (χ2v) is 5.08. The first kappa shape index (κ1) is 16.4. The summed E-state index contributed by atoms with van der Waals surface area (Å²) in [5, 5.41) is 6.26. The van der Waals surface area contributed by atoms with Gasteiger partial charge in [-0.1, -0.05) is 18.2 Å². The number of aliphatic imine (C=N–C) groups is 1. The summed E-state index contributed by atoms with van der Waals surface area (Å²) in [5.74, 6) is 1.41. The van der Waals surface area contributed by atoms with Crippen molar-refractivity contribution in [3.63, 3.8) is 0 Å². The quantitative estimate of drug-likeness (QED) is 0.262. The van der Waals surface area contributed by atoms with Gasteiger partial charge in [-0.25, -0.2) is 0 Å². The monoisotopic (exact) mass is 295 g/mol. The Balaban J connectivity index is 2.14. The Kier molecular flexibility index (Phi) is 8.30. The molecule has 0 aliphatic rings. The fourth-order valence-electron chi connectivity index (χ4n) is 1.46. The smallest absolute Gasteiger partial charge is 0.307 e. The molecule has 1 rings (SSSR count). The lowest BCUT2D eigenvalue weighted by atomic mass is 10.4. The number of hydrogen-bond donors (Lipinski definition) is 2. The normalized spacial score (nSPS) is 11.0. The molecule has 0 bridgehead atoms. The van der Waals surface area contributed by atoms with E-state index in [-0.39, 0.29) is 5.97 Å². The Morgan fingerprint density at radius 1 is 1.25 bits per heavy atom. The van der Waals surface area contributed by atoms with E-state index in [2.05, 4.69) is 32.5 Å². The molecule has 5 nitrogen and oxygen atoms in total. The minimum Gasteiger partial charge on any atom is -0.469 e. The zero-order chi connectivity index (χ0) is 14.6. The minimum absolute atomic E-state index is 0.229. The van der Waals surface area contributed by atoms with Crippen molar-refractivity contribution in [2.45, 2.75) is 11.3 Å². The highest BCUT2D eigenvalue weighted by Gasteiger charge is 2.01. The van der Waals surface area contributed by atoms with Crippen LogP contribution in [-0.4, -0.2) is 44.9 Å². The van der Waals surface area contributed by atoms with E-state index in [1.807, 2.05) is 18.2 Å². The zero-order valence-corrected chi connectivity index (χ0v) is 12.7. The number of esters is 1. The number of benzene rings is 1. The van der Waals surface area contributed by atoms with Gasteiger partial charge in [0.15, 0.2) is 5.96 Å². The number of guanidine groups is 1. The average Bonchev–Trinajstić information content (AvgIpc) is 2.50. The van der Waals surface area contributed by atoms with Gasteiger partial charge in [-0.15, -0.1) is 11.8 Å².